The summed E-state index contributed by atoms with van der Waals surface area (Å²) < 4.78 is 16.7. The Morgan fingerprint density at radius 1 is 1.30 bits per heavy atom. The molecular weight excluding hydrogens is 364 g/mol. The van der Waals surface area contributed by atoms with E-state index in [0.717, 1.165) is 35.7 Å². The minimum Gasteiger partial charge on any atom is -0.493 e. The minimum absolute atomic E-state index is 0.0174. The lowest BCUT2D eigenvalue weighted by Gasteiger charge is -2.33. The molecule has 1 aliphatic heterocycles. The van der Waals surface area contributed by atoms with E-state index in [1.54, 1.807) is 19.4 Å². The Morgan fingerprint density at radius 3 is 2.89 bits per heavy atom. The first-order valence-electron chi connectivity index (χ1n) is 8.96. The van der Waals surface area contributed by atoms with Crippen LogP contribution in [0.15, 0.2) is 51.5 Å². The van der Waals surface area contributed by atoms with Crippen LogP contribution in [0.2, 0.25) is 0 Å². The van der Waals surface area contributed by atoms with Gasteiger partial charge in [0.1, 0.15) is 5.76 Å². The molecular formula is C20H22N2O4S. The predicted molar refractivity (Wildman–Crippen MR) is 105 cm³/mol. The predicted octanol–water partition coefficient (Wildman–Crippen LogP) is 3.55. The van der Waals surface area contributed by atoms with E-state index in [1.807, 2.05) is 42.1 Å². The number of nitrogens with zero attached hydrogens (tertiary/aromatic N) is 1. The Bertz CT molecular complexity index is 900. The number of carbonyl (C=O) groups is 1. The van der Waals surface area contributed by atoms with Crippen LogP contribution in [-0.4, -0.2) is 49.1 Å². The second kappa shape index (κ2) is 8.10. The van der Waals surface area contributed by atoms with Crippen LogP contribution in [0.5, 0.6) is 5.75 Å². The summed E-state index contributed by atoms with van der Waals surface area (Å²) in [5.74, 6) is 3.71. The van der Waals surface area contributed by atoms with Crippen molar-refractivity contribution in [1.82, 2.24) is 10.2 Å². The lowest BCUT2D eigenvalue weighted by atomic mass is 10.1. The maximum absolute atomic E-state index is 12.7. The van der Waals surface area contributed by atoms with E-state index < -0.39 is 0 Å². The van der Waals surface area contributed by atoms with Gasteiger partial charge in [0.15, 0.2) is 17.1 Å². The maximum Gasteiger partial charge on any atom is 0.287 e. The standard InChI is InChI=1S/C20H22N2O4S/c1-24-17-5-2-4-14-12-18(26-19(14)17)20(23)21-13-15(16-6-3-9-25-16)22-7-10-27-11-8-22/h2-6,9,12,15H,7-8,10-11,13H2,1H3,(H,21,23)/t15-/m1/s1. The lowest BCUT2D eigenvalue weighted by Crippen LogP contribution is -2.41. The molecule has 1 saturated heterocycles. The van der Waals surface area contributed by atoms with E-state index in [-0.39, 0.29) is 17.7 Å². The Labute approximate surface area is 161 Å². The largest absolute Gasteiger partial charge is 0.493 e. The van der Waals surface area contributed by atoms with E-state index >= 15 is 0 Å². The zero-order valence-corrected chi connectivity index (χ0v) is 16.0. The molecule has 0 aliphatic carbocycles. The smallest absolute Gasteiger partial charge is 0.287 e. The highest BCUT2D eigenvalue weighted by atomic mass is 32.2. The van der Waals surface area contributed by atoms with E-state index in [1.165, 1.54) is 0 Å². The second-order valence-electron chi connectivity index (χ2n) is 6.38. The van der Waals surface area contributed by atoms with Gasteiger partial charge in [0.25, 0.3) is 5.91 Å². The molecule has 0 unspecified atom stereocenters. The van der Waals surface area contributed by atoms with Crippen LogP contribution in [0, 0.1) is 0 Å². The van der Waals surface area contributed by atoms with Crippen LogP contribution >= 0.6 is 11.8 Å². The number of ether oxygens (including phenoxy) is 1. The fraction of sp³-hybridized carbons (Fsp3) is 0.350. The molecule has 1 fully saturated rings. The molecule has 7 heteroatoms. The van der Waals surface area contributed by atoms with Gasteiger partial charge in [0.05, 0.1) is 19.4 Å². The summed E-state index contributed by atoms with van der Waals surface area (Å²) >= 11 is 1.95. The lowest BCUT2D eigenvalue weighted by molar-refractivity contribution is 0.0904. The Morgan fingerprint density at radius 2 is 2.15 bits per heavy atom. The summed E-state index contributed by atoms with van der Waals surface area (Å²) in [6.07, 6.45) is 1.67. The number of benzene rings is 1. The molecule has 27 heavy (non-hydrogen) atoms. The fourth-order valence-electron chi connectivity index (χ4n) is 3.37. The molecule has 142 valence electrons. The van der Waals surface area contributed by atoms with E-state index in [2.05, 4.69) is 10.2 Å². The molecule has 0 bridgehead atoms. The first-order valence-corrected chi connectivity index (χ1v) is 10.1. The summed E-state index contributed by atoms with van der Waals surface area (Å²) in [5.41, 5.74) is 0.584. The van der Waals surface area contributed by atoms with Crippen molar-refractivity contribution < 1.29 is 18.4 Å². The van der Waals surface area contributed by atoms with Crippen LogP contribution in [-0.2, 0) is 0 Å². The zero-order chi connectivity index (χ0) is 18.6. The highest BCUT2D eigenvalue weighted by Gasteiger charge is 2.26. The zero-order valence-electron chi connectivity index (χ0n) is 15.1. The third-order valence-corrected chi connectivity index (χ3v) is 5.71. The Kier molecular flexibility index (Phi) is 5.40. The summed E-state index contributed by atoms with van der Waals surface area (Å²) in [4.78, 5) is 15.0. The van der Waals surface area contributed by atoms with Crippen molar-refractivity contribution >= 4 is 28.6 Å². The maximum atomic E-state index is 12.7. The average molecular weight is 386 g/mol. The van der Waals surface area contributed by atoms with Gasteiger partial charge in [-0.3, -0.25) is 9.69 Å². The minimum atomic E-state index is -0.240. The van der Waals surface area contributed by atoms with Gasteiger partial charge in [0.2, 0.25) is 0 Å². The molecule has 1 atom stereocenters. The quantitative estimate of drug-likeness (QED) is 0.699. The molecule has 0 radical (unpaired) electrons. The molecule has 1 amide bonds. The average Bonchev–Trinajstić information content (AvgIpc) is 3.38. The summed E-state index contributed by atoms with van der Waals surface area (Å²) in [7, 11) is 1.59. The number of hydrogen-bond donors (Lipinski definition) is 1. The topological polar surface area (TPSA) is 67.8 Å². The molecule has 3 heterocycles. The number of carbonyl (C=O) groups excluding carboxylic acids is 1. The van der Waals surface area contributed by atoms with Gasteiger partial charge in [-0.2, -0.15) is 11.8 Å². The first kappa shape index (κ1) is 18.0. The third-order valence-electron chi connectivity index (χ3n) is 4.77. The number of fused-ring (bicyclic) bond motifs is 1. The van der Waals surface area contributed by atoms with Gasteiger partial charge in [-0.05, 0) is 24.3 Å². The number of nitrogens with one attached hydrogen (secondary N) is 1. The molecule has 3 aromatic rings. The molecule has 4 rings (SSSR count). The van der Waals surface area contributed by atoms with Crippen LogP contribution in [0.25, 0.3) is 11.0 Å². The molecule has 0 saturated carbocycles. The monoisotopic (exact) mass is 386 g/mol. The van der Waals surface area contributed by atoms with Crippen LogP contribution in [0.1, 0.15) is 22.4 Å². The molecule has 6 nitrogen and oxygen atoms in total. The number of methoxy groups -OCH3 is 1. The Balaban J connectivity index is 1.49. The van der Waals surface area contributed by atoms with Crippen LogP contribution in [0.3, 0.4) is 0 Å². The van der Waals surface area contributed by atoms with Gasteiger partial charge in [-0.25, -0.2) is 0 Å². The fourth-order valence-corrected chi connectivity index (χ4v) is 4.30. The number of hydrogen-bond acceptors (Lipinski definition) is 6. The van der Waals surface area contributed by atoms with E-state index in [9.17, 15) is 4.79 Å². The second-order valence-corrected chi connectivity index (χ2v) is 7.60. The first-order chi connectivity index (χ1) is 13.3. The third kappa shape index (κ3) is 3.84. The van der Waals surface area contributed by atoms with Gasteiger partial charge in [0, 0.05) is 36.5 Å². The normalized spacial score (nSPS) is 16.3. The highest BCUT2D eigenvalue weighted by molar-refractivity contribution is 7.99. The SMILES string of the molecule is COc1cccc2cc(C(=O)NC[C@H](c3ccco3)N3CCSCC3)oc12. The van der Waals surface area contributed by atoms with Gasteiger partial charge >= 0.3 is 0 Å². The molecule has 1 N–H and O–H groups in total. The van der Waals surface area contributed by atoms with Crippen molar-refractivity contribution in [2.75, 3.05) is 38.2 Å². The number of rotatable bonds is 6. The van der Waals surface area contributed by atoms with Gasteiger partial charge in [-0.15, -0.1) is 0 Å². The Hall–Kier alpha value is -2.38. The summed E-state index contributed by atoms with van der Waals surface area (Å²) in [6.45, 7) is 2.42. The van der Waals surface area contributed by atoms with Crippen molar-refractivity contribution in [2.24, 2.45) is 0 Å². The number of para-hydroxylation sites is 1. The van der Waals surface area contributed by atoms with Crippen molar-refractivity contribution in [3.05, 3.63) is 54.2 Å². The molecule has 0 spiro atoms. The summed E-state index contributed by atoms with van der Waals surface area (Å²) in [5, 5.41) is 3.84. The number of amides is 1. The van der Waals surface area contributed by atoms with Crippen LogP contribution < -0.4 is 10.1 Å². The molecule has 1 aromatic carbocycles. The van der Waals surface area contributed by atoms with Crippen molar-refractivity contribution in [2.45, 2.75) is 6.04 Å². The van der Waals surface area contributed by atoms with E-state index in [0.29, 0.717) is 17.9 Å². The number of thioether (sulfide) groups is 1. The van der Waals surface area contributed by atoms with Crippen molar-refractivity contribution in [1.29, 1.82) is 0 Å². The molecule has 1 aliphatic rings. The molecule has 2 aromatic heterocycles. The highest BCUT2D eigenvalue weighted by Crippen LogP contribution is 2.29. The van der Waals surface area contributed by atoms with Crippen LogP contribution in [0.4, 0.5) is 0 Å². The summed E-state index contributed by atoms with van der Waals surface area (Å²) in [6, 6.07) is 11.2. The number of furan rings is 2. The van der Waals surface area contributed by atoms with Gasteiger partial charge < -0.3 is 18.9 Å². The van der Waals surface area contributed by atoms with Crippen molar-refractivity contribution in [3.8, 4) is 5.75 Å². The van der Waals surface area contributed by atoms with Crippen molar-refractivity contribution in [3.63, 3.8) is 0 Å². The van der Waals surface area contributed by atoms with E-state index in [4.69, 9.17) is 13.6 Å². The van der Waals surface area contributed by atoms with Gasteiger partial charge in [-0.1, -0.05) is 12.1 Å².